The summed E-state index contributed by atoms with van der Waals surface area (Å²) >= 11 is 6.08. The highest BCUT2D eigenvalue weighted by atomic mass is 35.5. The van der Waals surface area contributed by atoms with Crippen LogP contribution in [0.15, 0.2) is 48.5 Å². The SMILES string of the molecule is CC1CCN(CC(=O)Nc2ccc(Cl)cc2C(=O)c2ccccc2)CC1. The highest BCUT2D eigenvalue weighted by Gasteiger charge is 2.20. The molecule has 0 radical (unpaired) electrons. The number of rotatable bonds is 5. The quantitative estimate of drug-likeness (QED) is 0.801. The topological polar surface area (TPSA) is 49.4 Å². The molecule has 0 unspecified atom stereocenters. The molecule has 0 spiro atoms. The van der Waals surface area contributed by atoms with Crippen LogP contribution in [0, 0.1) is 5.92 Å². The van der Waals surface area contributed by atoms with Gasteiger partial charge < -0.3 is 5.32 Å². The van der Waals surface area contributed by atoms with E-state index in [4.69, 9.17) is 11.6 Å². The van der Waals surface area contributed by atoms with Gasteiger partial charge in [-0.25, -0.2) is 0 Å². The van der Waals surface area contributed by atoms with Crippen LogP contribution in [0.5, 0.6) is 0 Å². The zero-order valence-electron chi connectivity index (χ0n) is 14.9. The summed E-state index contributed by atoms with van der Waals surface area (Å²) in [6, 6.07) is 14.0. The highest BCUT2D eigenvalue weighted by Crippen LogP contribution is 2.24. The predicted octanol–water partition coefficient (Wildman–Crippen LogP) is 4.24. The second-order valence-corrected chi connectivity index (χ2v) is 7.33. The van der Waals surface area contributed by atoms with Gasteiger partial charge in [0.25, 0.3) is 0 Å². The summed E-state index contributed by atoms with van der Waals surface area (Å²) in [5.41, 5.74) is 1.47. The average Bonchev–Trinajstić information content (AvgIpc) is 2.65. The minimum Gasteiger partial charge on any atom is -0.324 e. The number of carbonyl (C=O) groups excluding carboxylic acids is 2. The maximum absolute atomic E-state index is 12.8. The van der Waals surface area contributed by atoms with Gasteiger partial charge in [0.2, 0.25) is 5.91 Å². The fourth-order valence-corrected chi connectivity index (χ4v) is 3.34. The van der Waals surface area contributed by atoms with Crippen LogP contribution in [-0.2, 0) is 4.79 Å². The van der Waals surface area contributed by atoms with Gasteiger partial charge in [-0.3, -0.25) is 14.5 Å². The summed E-state index contributed by atoms with van der Waals surface area (Å²) in [5, 5.41) is 3.35. The second kappa shape index (κ2) is 8.47. The van der Waals surface area contributed by atoms with Crippen LogP contribution in [-0.4, -0.2) is 36.2 Å². The van der Waals surface area contributed by atoms with Crippen molar-refractivity contribution in [3.63, 3.8) is 0 Å². The van der Waals surface area contributed by atoms with Crippen molar-refractivity contribution in [1.29, 1.82) is 0 Å². The van der Waals surface area contributed by atoms with Gasteiger partial charge in [0, 0.05) is 16.1 Å². The molecule has 1 heterocycles. The molecule has 0 atom stereocenters. The summed E-state index contributed by atoms with van der Waals surface area (Å²) in [4.78, 5) is 27.4. The number of halogens is 1. The molecular weight excluding hydrogens is 348 g/mol. The van der Waals surface area contributed by atoms with Crippen LogP contribution < -0.4 is 5.32 Å². The number of amides is 1. The van der Waals surface area contributed by atoms with Crippen molar-refractivity contribution in [3.05, 3.63) is 64.7 Å². The molecule has 5 heteroatoms. The lowest BCUT2D eigenvalue weighted by molar-refractivity contribution is -0.117. The maximum atomic E-state index is 12.8. The molecule has 2 aromatic carbocycles. The molecule has 0 bridgehead atoms. The van der Waals surface area contributed by atoms with Gasteiger partial charge in [-0.2, -0.15) is 0 Å². The Morgan fingerprint density at radius 3 is 2.50 bits per heavy atom. The lowest BCUT2D eigenvalue weighted by Gasteiger charge is -2.29. The van der Waals surface area contributed by atoms with E-state index in [1.807, 2.05) is 18.2 Å². The maximum Gasteiger partial charge on any atom is 0.238 e. The van der Waals surface area contributed by atoms with E-state index < -0.39 is 0 Å². The molecule has 0 aromatic heterocycles. The lowest BCUT2D eigenvalue weighted by Crippen LogP contribution is -2.38. The molecule has 1 aliphatic heterocycles. The summed E-state index contributed by atoms with van der Waals surface area (Å²) in [7, 11) is 0. The number of likely N-dealkylation sites (tertiary alicyclic amines) is 1. The summed E-state index contributed by atoms with van der Waals surface area (Å²) in [5.74, 6) is 0.458. The fraction of sp³-hybridized carbons (Fsp3) is 0.333. The minimum atomic E-state index is -0.157. The van der Waals surface area contributed by atoms with Crippen molar-refractivity contribution >= 4 is 29.0 Å². The monoisotopic (exact) mass is 370 g/mol. The van der Waals surface area contributed by atoms with Crippen LogP contribution in [0.3, 0.4) is 0 Å². The molecule has 1 N–H and O–H groups in total. The Hall–Kier alpha value is -2.17. The average molecular weight is 371 g/mol. The van der Waals surface area contributed by atoms with Gasteiger partial charge in [0.15, 0.2) is 5.78 Å². The first kappa shape index (κ1) is 18.6. The Morgan fingerprint density at radius 1 is 1.12 bits per heavy atom. The van der Waals surface area contributed by atoms with Gasteiger partial charge in [-0.15, -0.1) is 0 Å². The van der Waals surface area contributed by atoms with Gasteiger partial charge in [-0.05, 0) is 50.0 Å². The minimum absolute atomic E-state index is 0.107. The molecule has 136 valence electrons. The molecule has 2 aromatic rings. The van der Waals surface area contributed by atoms with Crippen molar-refractivity contribution in [2.75, 3.05) is 25.0 Å². The second-order valence-electron chi connectivity index (χ2n) is 6.89. The molecule has 4 nitrogen and oxygen atoms in total. The van der Waals surface area contributed by atoms with Crippen LogP contribution in [0.25, 0.3) is 0 Å². The first-order valence-corrected chi connectivity index (χ1v) is 9.32. The zero-order chi connectivity index (χ0) is 18.5. The number of benzene rings is 2. The van der Waals surface area contributed by atoms with E-state index >= 15 is 0 Å². The molecule has 0 saturated carbocycles. The van der Waals surface area contributed by atoms with Gasteiger partial charge in [0.1, 0.15) is 0 Å². The highest BCUT2D eigenvalue weighted by molar-refractivity contribution is 6.31. The van der Waals surface area contributed by atoms with Gasteiger partial charge >= 0.3 is 0 Å². The first-order chi connectivity index (χ1) is 12.5. The standard InChI is InChI=1S/C21H23ClN2O2/c1-15-9-11-24(12-10-15)14-20(25)23-19-8-7-17(22)13-18(19)21(26)16-5-3-2-4-6-16/h2-8,13,15H,9-12,14H2,1H3,(H,23,25). The van der Waals surface area contributed by atoms with E-state index in [9.17, 15) is 9.59 Å². The number of hydrogen-bond acceptors (Lipinski definition) is 3. The summed E-state index contributed by atoms with van der Waals surface area (Å²) < 4.78 is 0. The number of anilines is 1. The van der Waals surface area contributed by atoms with Crippen molar-refractivity contribution in [3.8, 4) is 0 Å². The number of nitrogens with zero attached hydrogens (tertiary/aromatic N) is 1. The predicted molar refractivity (Wildman–Crippen MR) is 105 cm³/mol. The smallest absolute Gasteiger partial charge is 0.238 e. The van der Waals surface area contributed by atoms with E-state index in [0.29, 0.717) is 28.4 Å². The Kier molecular flexibility index (Phi) is 6.07. The van der Waals surface area contributed by atoms with Crippen molar-refractivity contribution in [2.45, 2.75) is 19.8 Å². The molecule has 1 fully saturated rings. The zero-order valence-corrected chi connectivity index (χ0v) is 15.6. The van der Waals surface area contributed by atoms with Crippen LogP contribution >= 0.6 is 11.6 Å². The van der Waals surface area contributed by atoms with Crippen LogP contribution in [0.4, 0.5) is 5.69 Å². The summed E-state index contributed by atoms with van der Waals surface area (Å²) in [6.45, 7) is 4.46. The van der Waals surface area contributed by atoms with E-state index in [1.54, 1.807) is 30.3 Å². The van der Waals surface area contributed by atoms with Crippen LogP contribution in [0.1, 0.15) is 35.7 Å². The molecule has 26 heavy (non-hydrogen) atoms. The third-order valence-corrected chi connectivity index (χ3v) is 5.01. The molecule has 1 aliphatic rings. The number of nitrogens with one attached hydrogen (secondary N) is 1. The third kappa shape index (κ3) is 4.71. The Labute approximate surface area is 159 Å². The van der Waals surface area contributed by atoms with Crippen LogP contribution in [0.2, 0.25) is 5.02 Å². The largest absolute Gasteiger partial charge is 0.324 e. The van der Waals surface area contributed by atoms with Crippen molar-refractivity contribution < 1.29 is 9.59 Å². The van der Waals surface area contributed by atoms with Gasteiger partial charge in [0.05, 0.1) is 12.2 Å². The molecule has 3 rings (SSSR count). The molecule has 1 saturated heterocycles. The van der Waals surface area contributed by atoms with Crippen molar-refractivity contribution in [2.24, 2.45) is 5.92 Å². The van der Waals surface area contributed by atoms with E-state index in [2.05, 4.69) is 17.1 Å². The normalized spacial score (nSPS) is 15.6. The van der Waals surface area contributed by atoms with E-state index in [1.165, 1.54) is 0 Å². The Bertz CT molecular complexity index is 784. The van der Waals surface area contributed by atoms with E-state index in [0.717, 1.165) is 31.8 Å². The summed E-state index contributed by atoms with van der Waals surface area (Å²) in [6.07, 6.45) is 2.23. The third-order valence-electron chi connectivity index (χ3n) is 4.78. The van der Waals surface area contributed by atoms with E-state index in [-0.39, 0.29) is 11.7 Å². The first-order valence-electron chi connectivity index (χ1n) is 8.94. The fourth-order valence-electron chi connectivity index (χ4n) is 3.17. The molecule has 1 amide bonds. The van der Waals surface area contributed by atoms with Gasteiger partial charge in [-0.1, -0.05) is 48.9 Å². The van der Waals surface area contributed by atoms with Crippen molar-refractivity contribution in [1.82, 2.24) is 4.90 Å². The number of piperidine rings is 1. The number of carbonyl (C=O) groups is 2. The Morgan fingerprint density at radius 2 is 1.81 bits per heavy atom. The number of ketones is 1. The lowest BCUT2D eigenvalue weighted by atomic mass is 9.99. The number of hydrogen-bond donors (Lipinski definition) is 1. The Balaban J connectivity index is 1.73. The molecular formula is C21H23ClN2O2. The molecule has 0 aliphatic carbocycles.